The van der Waals surface area contributed by atoms with Gasteiger partial charge in [-0.2, -0.15) is 13.5 Å². The fourth-order valence-corrected chi connectivity index (χ4v) is 3.15. The monoisotopic (exact) mass is 395 g/mol. The average Bonchev–Trinajstić information content (AvgIpc) is 2.70. The molecular weight excluding hydrogens is 378 g/mol. The van der Waals surface area contributed by atoms with Crippen LogP contribution in [-0.4, -0.2) is 25.5 Å². The van der Waals surface area contributed by atoms with Crippen LogP contribution in [0.5, 0.6) is 5.75 Å². The number of carbonyl (C=O) groups excluding carboxylic acids is 1. The minimum atomic E-state index is -3.90. The molecule has 1 aromatic heterocycles. The highest BCUT2D eigenvalue weighted by atomic mass is 32.2. The zero-order valence-electron chi connectivity index (χ0n) is 14.9. The summed E-state index contributed by atoms with van der Waals surface area (Å²) in [4.78, 5) is 15.8. The van der Waals surface area contributed by atoms with Gasteiger partial charge in [0.15, 0.2) is 0 Å². The first-order chi connectivity index (χ1) is 13.4. The van der Waals surface area contributed by atoms with Crippen LogP contribution in [0.25, 0.3) is 0 Å². The van der Waals surface area contributed by atoms with Crippen molar-refractivity contribution < 1.29 is 17.4 Å². The summed E-state index contributed by atoms with van der Waals surface area (Å²) in [5.74, 6) is -0.179. The molecule has 1 heterocycles. The molecule has 0 saturated carbocycles. The molecule has 7 nitrogen and oxygen atoms in total. The molecule has 0 atom stereocenters. The van der Waals surface area contributed by atoms with Crippen LogP contribution in [0.15, 0.2) is 83.1 Å². The van der Waals surface area contributed by atoms with Gasteiger partial charge in [0, 0.05) is 18.0 Å². The Kier molecular flexibility index (Phi) is 5.81. The molecule has 1 N–H and O–H groups in total. The van der Waals surface area contributed by atoms with E-state index in [0.29, 0.717) is 11.1 Å². The van der Waals surface area contributed by atoms with Crippen molar-refractivity contribution in [2.75, 3.05) is 0 Å². The number of pyridine rings is 1. The van der Waals surface area contributed by atoms with Crippen LogP contribution in [0, 0.1) is 6.92 Å². The number of benzene rings is 2. The molecule has 0 spiro atoms. The second-order valence-corrected chi connectivity index (χ2v) is 7.40. The standard InChI is InChI=1S/C20H17N3O4S/c1-15-2-8-19(9-3-15)28(25,26)27-18-6-4-16(5-7-18)14-22-23-20(24)17-10-12-21-13-11-17/h2-14H,1H3,(H,23,24)/b22-14+. The lowest BCUT2D eigenvalue weighted by Crippen LogP contribution is -2.17. The van der Waals surface area contributed by atoms with Crippen LogP contribution in [-0.2, 0) is 10.1 Å². The minimum absolute atomic E-state index is 0.0857. The van der Waals surface area contributed by atoms with Crippen molar-refractivity contribution in [3.63, 3.8) is 0 Å². The van der Waals surface area contributed by atoms with Crippen molar-refractivity contribution in [1.29, 1.82) is 0 Å². The third-order valence-electron chi connectivity index (χ3n) is 3.72. The molecule has 142 valence electrons. The van der Waals surface area contributed by atoms with E-state index in [9.17, 15) is 13.2 Å². The second-order valence-electron chi connectivity index (χ2n) is 5.85. The predicted molar refractivity (Wildman–Crippen MR) is 105 cm³/mol. The van der Waals surface area contributed by atoms with E-state index in [2.05, 4.69) is 15.5 Å². The summed E-state index contributed by atoms with van der Waals surface area (Å²) in [7, 11) is -3.90. The van der Waals surface area contributed by atoms with Gasteiger partial charge in [-0.15, -0.1) is 0 Å². The SMILES string of the molecule is Cc1ccc(S(=O)(=O)Oc2ccc(/C=N/NC(=O)c3ccncc3)cc2)cc1. The zero-order valence-corrected chi connectivity index (χ0v) is 15.8. The minimum Gasteiger partial charge on any atom is -0.379 e. The van der Waals surface area contributed by atoms with Crippen LogP contribution in [0.4, 0.5) is 0 Å². The first kappa shape index (κ1) is 19.2. The van der Waals surface area contributed by atoms with Gasteiger partial charge in [-0.25, -0.2) is 5.43 Å². The molecule has 0 fully saturated rings. The normalized spacial score (nSPS) is 11.3. The van der Waals surface area contributed by atoms with Crippen LogP contribution in [0.1, 0.15) is 21.5 Å². The third-order valence-corrected chi connectivity index (χ3v) is 4.98. The highest BCUT2D eigenvalue weighted by Crippen LogP contribution is 2.19. The number of hydrogen-bond donors (Lipinski definition) is 1. The summed E-state index contributed by atoms with van der Waals surface area (Å²) in [5.41, 5.74) is 4.46. The van der Waals surface area contributed by atoms with E-state index in [-0.39, 0.29) is 16.6 Å². The van der Waals surface area contributed by atoms with E-state index >= 15 is 0 Å². The Labute approximate surface area is 162 Å². The first-order valence-corrected chi connectivity index (χ1v) is 9.69. The lowest BCUT2D eigenvalue weighted by atomic mass is 10.2. The Morgan fingerprint density at radius 1 is 1.00 bits per heavy atom. The molecule has 28 heavy (non-hydrogen) atoms. The van der Waals surface area contributed by atoms with Gasteiger partial charge in [0.2, 0.25) is 0 Å². The number of aromatic nitrogens is 1. The smallest absolute Gasteiger partial charge is 0.339 e. The van der Waals surface area contributed by atoms with Crippen molar-refractivity contribution in [3.05, 3.63) is 89.7 Å². The largest absolute Gasteiger partial charge is 0.379 e. The summed E-state index contributed by atoms with van der Waals surface area (Å²) < 4.78 is 29.7. The molecule has 0 unspecified atom stereocenters. The molecule has 3 rings (SSSR count). The molecule has 0 aliphatic carbocycles. The maximum absolute atomic E-state index is 12.3. The highest BCUT2D eigenvalue weighted by molar-refractivity contribution is 7.87. The van der Waals surface area contributed by atoms with Crippen molar-refractivity contribution in [2.45, 2.75) is 11.8 Å². The molecule has 8 heteroatoms. The Balaban J connectivity index is 1.62. The van der Waals surface area contributed by atoms with Gasteiger partial charge < -0.3 is 4.18 Å². The molecule has 3 aromatic rings. The van der Waals surface area contributed by atoms with Crippen LogP contribution >= 0.6 is 0 Å². The Hall–Kier alpha value is -3.52. The summed E-state index contributed by atoms with van der Waals surface area (Å²) in [6.45, 7) is 1.87. The number of carbonyl (C=O) groups is 1. The van der Waals surface area contributed by atoms with Crippen molar-refractivity contribution >= 4 is 22.2 Å². The van der Waals surface area contributed by atoms with Gasteiger partial charge in [0.05, 0.1) is 6.21 Å². The van der Waals surface area contributed by atoms with Crippen LogP contribution in [0.3, 0.4) is 0 Å². The number of aryl methyl sites for hydroxylation is 1. The summed E-state index contributed by atoms with van der Waals surface area (Å²) >= 11 is 0. The maximum Gasteiger partial charge on any atom is 0.339 e. The summed E-state index contributed by atoms with van der Waals surface area (Å²) in [6, 6.07) is 15.8. The Morgan fingerprint density at radius 3 is 2.29 bits per heavy atom. The quantitative estimate of drug-likeness (QED) is 0.393. The van der Waals surface area contributed by atoms with E-state index in [4.69, 9.17) is 4.18 Å². The number of hydrazone groups is 1. The lowest BCUT2D eigenvalue weighted by molar-refractivity contribution is 0.0955. The molecule has 0 saturated heterocycles. The van der Waals surface area contributed by atoms with Gasteiger partial charge in [0.1, 0.15) is 10.6 Å². The first-order valence-electron chi connectivity index (χ1n) is 8.29. The number of hydrogen-bond acceptors (Lipinski definition) is 6. The number of nitrogens with zero attached hydrogens (tertiary/aromatic N) is 2. The Bertz CT molecular complexity index is 1080. The fourth-order valence-electron chi connectivity index (χ4n) is 2.22. The second kappa shape index (κ2) is 8.45. The van der Waals surface area contributed by atoms with E-state index < -0.39 is 10.1 Å². The molecule has 0 aliphatic heterocycles. The molecule has 0 bridgehead atoms. The van der Waals surface area contributed by atoms with E-state index in [1.807, 2.05) is 6.92 Å². The van der Waals surface area contributed by atoms with Crippen molar-refractivity contribution in [3.8, 4) is 5.75 Å². The molecule has 0 radical (unpaired) electrons. The van der Waals surface area contributed by atoms with Gasteiger partial charge in [-0.1, -0.05) is 17.7 Å². The molecular formula is C20H17N3O4S. The Morgan fingerprint density at radius 2 is 1.64 bits per heavy atom. The topological polar surface area (TPSA) is 97.7 Å². The zero-order chi connectivity index (χ0) is 20.0. The lowest BCUT2D eigenvalue weighted by Gasteiger charge is -2.07. The fraction of sp³-hybridized carbons (Fsp3) is 0.0500. The van der Waals surface area contributed by atoms with Gasteiger partial charge in [-0.3, -0.25) is 9.78 Å². The number of nitrogens with one attached hydrogen (secondary N) is 1. The molecule has 2 aromatic carbocycles. The third kappa shape index (κ3) is 5.01. The maximum atomic E-state index is 12.3. The summed E-state index contributed by atoms with van der Waals surface area (Å²) in [6.07, 6.45) is 4.47. The predicted octanol–water partition coefficient (Wildman–Crippen LogP) is 2.92. The molecule has 1 amide bonds. The van der Waals surface area contributed by atoms with Gasteiger partial charge in [-0.05, 0) is 61.0 Å². The molecule has 0 aliphatic rings. The van der Waals surface area contributed by atoms with Gasteiger partial charge >= 0.3 is 10.1 Å². The van der Waals surface area contributed by atoms with Crippen molar-refractivity contribution in [2.24, 2.45) is 5.10 Å². The van der Waals surface area contributed by atoms with E-state index in [1.54, 1.807) is 36.4 Å². The number of amides is 1. The highest BCUT2D eigenvalue weighted by Gasteiger charge is 2.16. The van der Waals surface area contributed by atoms with Crippen molar-refractivity contribution in [1.82, 2.24) is 10.4 Å². The number of rotatable bonds is 6. The van der Waals surface area contributed by atoms with Gasteiger partial charge in [0.25, 0.3) is 5.91 Å². The van der Waals surface area contributed by atoms with E-state index in [0.717, 1.165) is 5.56 Å². The van der Waals surface area contributed by atoms with Crippen LogP contribution in [0.2, 0.25) is 0 Å². The van der Waals surface area contributed by atoms with E-state index in [1.165, 1.54) is 42.9 Å². The summed E-state index contributed by atoms with van der Waals surface area (Å²) in [5, 5.41) is 3.87. The average molecular weight is 395 g/mol. The van der Waals surface area contributed by atoms with Crippen LogP contribution < -0.4 is 9.61 Å².